The lowest BCUT2D eigenvalue weighted by Gasteiger charge is -2.32. The first-order valence-electron chi connectivity index (χ1n) is 10.6. The fraction of sp³-hybridized carbons (Fsp3) is 0.524. The van der Waals surface area contributed by atoms with E-state index in [4.69, 9.17) is 0 Å². The largest absolute Gasteiger partial charge is 0.338 e. The van der Waals surface area contributed by atoms with Crippen LogP contribution in [0.2, 0.25) is 0 Å². The van der Waals surface area contributed by atoms with Crippen LogP contribution in [0, 0.1) is 13.8 Å². The maximum absolute atomic E-state index is 13.1. The Balaban J connectivity index is 1.43. The van der Waals surface area contributed by atoms with E-state index in [1.54, 1.807) is 23.8 Å². The van der Waals surface area contributed by atoms with Crippen LogP contribution >= 0.6 is 0 Å². The molecule has 3 aromatic heterocycles. The molecule has 0 radical (unpaired) electrons. The average molecular weight is 445 g/mol. The Morgan fingerprint density at radius 1 is 1.19 bits per heavy atom. The summed E-state index contributed by atoms with van der Waals surface area (Å²) in [6, 6.07) is 1.89. The van der Waals surface area contributed by atoms with Gasteiger partial charge in [0.25, 0.3) is 5.91 Å². The fourth-order valence-electron chi connectivity index (χ4n) is 4.14. The summed E-state index contributed by atoms with van der Waals surface area (Å²) in [6.45, 7) is 7.13. The van der Waals surface area contributed by atoms with Gasteiger partial charge < -0.3 is 9.47 Å². The van der Waals surface area contributed by atoms with E-state index in [2.05, 4.69) is 15.1 Å². The van der Waals surface area contributed by atoms with Crippen LogP contribution in [0.3, 0.4) is 0 Å². The van der Waals surface area contributed by atoms with Crippen molar-refractivity contribution in [3.8, 4) is 0 Å². The van der Waals surface area contributed by atoms with E-state index in [9.17, 15) is 13.2 Å². The van der Waals surface area contributed by atoms with Gasteiger partial charge in [-0.2, -0.15) is 5.10 Å². The summed E-state index contributed by atoms with van der Waals surface area (Å²) in [5.74, 6) is 1.35. The van der Waals surface area contributed by atoms with E-state index in [0.29, 0.717) is 25.2 Å². The molecule has 0 saturated carbocycles. The van der Waals surface area contributed by atoms with Crippen LogP contribution in [-0.4, -0.2) is 68.0 Å². The van der Waals surface area contributed by atoms with Gasteiger partial charge in [-0.15, -0.1) is 0 Å². The molecule has 166 valence electrons. The Kier molecular flexibility index (Phi) is 5.83. The van der Waals surface area contributed by atoms with Gasteiger partial charge in [-0.1, -0.05) is 6.92 Å². The van der Waals surface area contributed by atoms with Crippen LogP contribution in [0.1, 0.15) is 53.3 Å². The molecule has 1 aliphatic heterocycles. The van der Waals surface area contributed by atoms with E-state index in [-0.39, 0.29) is 23.3 Å². The van der Waals surface area contributed by atoms with Crippen molar-refractivity contribution >= 4 is 21.4 Å². The highest BCUT2D eigenvalue weighted by Crippen LogP contribution is 2.28. The molecular formula is C21H28N6O3S. The maximum atomic E-state index is 13.1. The number of aromatic nitrogens is 5. The molecule has 31 heavy (non-hydrogen) atoms. The second-order valence-corrected chi connectivity index (χ2v) is 10.6. The number of amides is 1. The quantitative estimate of drug-likeness (QED) is 0.576. The van der Waals surface area contributed by atoms with Gasteiger partial charge in [0.1, 0.15) is 5.82 Å². The zero-order valence-electron chi connectivity index (χ0n) is 18.2. The summed E-state index contributed by atoms with van der Waals surface area (Å²) in [5, 5.41) is 4.43. The molecule has 0 atom stereocenters. The number of hydrogen-bond donors (Lipinski definition) is 0. The van der Waals surface area contributed by atoms with E-state index in [1.807, 2.05) is 35.6 Å². The number of carbonyl (C=O) groups excluding carboxylic acids is 1. The predicted molar refractivity (Wildman–Crippen MR) is 117 cm³/mol. The molecule has 4 heterocycles. The first-order valence-corrected chi connectivity index (χ1v) is 12.4. The van der Waals surface area contributed by atoms with Crippen LogP contribution in [0.5, 0.6) is 0 Å². The van der Waals surface area contributed by atoms with Crippen molar-refractivity contribution in [2.45, 2.75) is 46.1 Å². The molecule has 0 N–H and O–H groups in total. The van der Waals surface area contributed by atoms with Gasteiger partial charge in [0.2, 0.25) is 0 Å². The monoisotopic (exact) mass is 444 g/mol. The lowest BCUT2D eigenvalue weighted by atomic mass is 9.95. The fourth-order valence-corrected chi connectivity index (χ4v) is 4.90. The number of imidazole rings is 1. The Morgan fingerprint density at radius 2 is 1.94 bits per heavy atom. The number of fused-ring (bicyclic) bond motifs is 1. The van der Waals surface area contributed by atoms with Gasteiger partial charge in [-0.05, 0) is 26.7 Å². The molecule has 0 spiro atoms. The molecule has 0 unspecified atom stereocenters. The molecular weight excluding hydrogens is 416 g/mol. The van der Waals surface area contributed by atoms with Gasteiger partial charge in [-0.3, -0.25) is 4.79 Å². The van der Waals surface area contributed by atoms with E-state index in [1.165, 1.54) is 0 Å². The van der Waals surface area contributed by atoms with E-state index in [0.717, 1.165) is 35.7 Å². The number of likely N-dealkylation sites (tertiary alicyclic amines) is 1. The number of nitrogens with zero attached hydrogens (tertiary/aromatic N) is 6. The normalized spacial score (nSPS) is 15.6. The van der Waals surface area contributed by atoms with Crippen molar-refractivity contribution in [3.63, 3.8) is 0 Å². The molecule has 1 saturated heterocycles. The molecule has 0 aromatic carbocycles. The summed E-state index contributed by atoms with van der Waals surface area (Å²) in [6.07, 6.45) is 6.79. The average Bonchev–Trinajstić information content (AvgIpc) is 3.38. The molecule has 0 aliphatic carbocycles. The predicted octanol–water partition coefficient (Wildman–Crippen LogP) is 2.00. The number of hydrogen-bond acceptors (Lipinski definition) is 6. The van der Waals surface area contributed by atoms with Gasteiger partial charge >= 0.3 is 0 Å². The number of piperidine rings is 1. The summed E-state index contributed by atoms with van der Waals surface area (Å²) < 4.78 is 27.4. The second kappa shape index (κ2) is 8.41. The van der Waals surface area contributed by atoms with Crippen molar-refractivity contribution in [2.24, 2.45) is 0 Å². The molecule has 3 aromatic rings. The summed E-state index contributed by atoms with van der Waals surface area (Å²) in [4.78, 5) is 23.9. The number of rotatable bonds is 6. The van der Waals surface area contributed by atoms with Crippen molar-refractivity contribution in [3.05, 3.63) is 47.4 Å². The zero-order chi connectivity index (χ0) is 22.2. The SMILES string of the molecule is CCS(=O)(=O)CCn1ccnc1C1CCN(C(=O)c2cnc3cc(C)nn3c2C)CC1. The third-order valence-corrected chi connectivity index (χ3v) is 7.74. The second-order valence-electron chi connectivity index (χ2n) is 8.09. The maximum Gasteiger partial charge on any atom is 0.257 e. The van der Waals surface area contributed by atoms with Crippen LogP contribution in [-0.2, 0) is 16.4 Å². The van der Waals surface area contributed by atoms with Crippen molar-refractivity contribution < 1.29 is 13.2 Å². The van der Waals surface area contributed by atoms with Crippen LogP contribution in [0.25, 0.3) is 5.65 Å². The first kappa shape index (κ1) is 21.5. The molecule has 9 nitrogen and oxygen atoms in total. The summed E-state index contributed by atoms with van der Waals surface area (Å²) >= 11 is 0. The minimum atomic E-state index is -3.03. The highest BCUT2D eigenvalue weighted by molar-refractivity contribution is 7.91. The zero-order valence-corrected chi connectivity index (χ0v) is 19.0. The minimum absolute atomic E-state index is 0.0316. The topological polar surface area (TPSA) is 102 Å². The van der Waals surface area contributed by atoms with Gasteiger partial charge in [0.05, 0.1) is 22.7 Å². The number of sulfone groups is 1. The van der Waals surface area contributed by atoms with E-state index >= 15 is 0 Å². The lowest BCUT2D eigenvalue weighted by Crippen LogP contribution is -2.39. The van der Waals surface area contributed by atoms with Crippen molar-refractivity contribution in [1.82, 2.24) is 29.0 Å². The van der Waals surface area contributed by atoms with Gasteiger partial charge in [0, 0.05) is 56.0 Å². The smallest absolute Gasteiger partial charge is 0.257 e. The Bertz CT molecular complexity index is 1210. The standard InChI is InChI=1S/C21H28N6O3S/c1-4-31(29,30)12-11-25-10-7-22-20(25)17-5-8-26(9-6-17)21(28)18-14-23-19-13-15(2)24-27(19)16(18)3/h7,10,13-14,17H,4-6,8-9,11-12H2,1-3H3. The number of aryl methyl sites for hydroxylation is 3. The van der Waals surface area contributed by atoms with Gasteiger partial charge in [0.15, 0.2) is 15.5 Å². The summed E-state index contributed by atoms with van der Waals surface area (Å²) in [7, 11) is -3.03. The van der Waals surface area contributed by atoms with Gasteiger partial charge in [-0.25, -0.2) is 22.9 Å². The molecule has 1 fully saturated rings. The van der Waals surface area contributed by atoms with Crippen LogP contribution in [0.15, 0.2) is 24.7 Å². The van der Waals surface area contributed by atoms with Crippen LogP contribution < -0.4 is 0 Å². The molecule has 10 heteroatoms. The molecule has 4 rings (SSSR count). The Hall–Kier alpha value is -2.75. The Labute approximate surface area is 182 Å². The van der Waals surface area contributed by atoms with E-state index < -0.39 is 9.84 Å². The third kappa shape index (κ3) is 4.34. The molecule has 1 amide bonds. The van der Waals surface area contributed by atoms with Crippen molar-refractivity contribution in [2.75, 3.05) is 24.6 Å². The lowest BCUT2D eigenvalue weighted by molar-refractivity contribution is 0.0708. The highest BCUT2D eigenvalue weighted by Gasteiger charge is 2.28. The number of carbonyl (C=O) groups is 1. The highest BCUT2D eigenvalue weighted by atomic mass is 32.2. The molecule has 1 aliphatic rings. The molecule has 0 bridgehead atoms. The first-order chi connectivity index (χ1) is 14.8. The summed E-state index contributed by atoms with van der Waals surface area (Å²) in [5.41, 5.74) is 2.96. The third-order valence-electron chi connectivity index (χ3n) is 6.05. The van der Waals surface area contributed by atoms with Crippen molar-refractivity contribution in [1.29, 1.82) is 0 Å². The Morgan fingerprint density at radius 3 is 2.65 bits per heavy atom. The minimum Gasteiger partial charge on any atom is -0.338 e. The van der Waals surface area contributed by atoms with Crippen LogP contribution in [0.4, 0.5) is 0 Å².